The van der Waals surface area contributed by atoms with Gasteiger partial charge in [0.05, 0.1) is 17.1 Å². The third-order valence-electron chi connectivity index (χ3n) is 3.04. The number of hydrogen-bond acceptors (Lipinski definition) is 5. The minimum absolute atomic E-state index is 0.104. The van der Waals surface area contributed by atoms with Gasteiger partial charge in [-0.3, -0.25) is 9.59 Å². The lowest BCUT2D eigenvalue weighted by Crippen LogP contribution is -2.15. The Hall–Kier alpha value is -2.01. The lowest BCUT2D eigenvalue weighted by atomic mass is 10.1. The number of carbonyl (C=O) groups excluding carboxylic acids is 2. The summed E-state index contributed by atoms with van der Waals surface area (Å²) >= 11 is 1.49. The molecular weight excluding hydrogens is 286 g/mol. The fourth-order valence-electron chi connectivity index (χ4n) is 1.84. The smallest absolute Gasteiger partial charge is 0.312 e. The Bertz CT molecular complexity index is 631. The zero-order chi connectivity index (χ0) is 15.2. The van der Waals surface area contributed by atoms with Crippen molar-refractivity contribution in [3.8, 4) is 0 Å². The fourth-order valence-corrected chi connectivity index (χ4v) is 2.46. The van der Waals surface area contributed by atoms with E-state index in [-0.39, 0.29) is 18.8 Å². The van der Waals surface area contributed by atoms with Crippen LogP contribution in [0.15, 0.2) is 29.6 Å². The maximum absolute atomic E-state index is 11.9. The van der Waals surface area contributed by atoms with Gasteiger partial charge in [0, 0.05) is 10.9 Å². The van der Waals surface area contributed by atoms with Crippen molar-refractivity contribution in [3.05, 3.63) is 51.5 Å². The van der Waals surface area contributed by atoms with E-state index in [1.807, 2.05) is 24.4 Å². The minimum Gasteiger partial charge on any atom is -0.457 e. The monoisotopic (exact) mass is 303 g/mol. The van der Waals surface area contributed by atoms with E-state index in [0.717, 1.165) is 11.4 Å². The molecule has 0 N–H and O–H groups in total. The molecule has 110 valence electrons. The highest BCUT2D eigenvalue weighted by atomic mass is 32.1. The molecule has 0 saturated carbocycles. The summed E-state index contributed by atoms with van der Waals surface area (Å²) in [7, 11) is 0. The highest BCUT2D eigenvalue weighted by Gasteiger charge is 2.11. The molecule has 4 nitrogen and oxygen atoms in total. The van der Waals surface area contributed by atoms with Crippen LogP contribution in [0.5, 0.6) is 0 Å². The van der Waals surface area contributed by atoms with Crippen molar-refractivity contribution in [2.24, 2.45) is 0 Å². The average Bonchev–Trinajstić information content (AvgIpc) is 2.90. The summed E-state index contributed by atoms with van der Waals surface area (Å²) in [4.78, 5) is 27.8. The van der Waals surface area contributed by atoms with Crippen LogP contribution in [0.4, 0.5) is 0 Å². The lowest BCUT2D eigenvalue weighted by molar-refractivity contribution is -0.141. The van der Waals surface area contributed by atoms with Gasteiger partial charge < -0.3 is 4.74 Å². The summed E-state index contributed by atoms with van der Waals surface area (Å²) in [5.74, 6) is -0.626. The van der Waals surface area contributed by atoms with Gasteiger partial charge in [0.25, 0.3) is 0 Å². The standard InChI is InChI=1S/C16H17NO3S/c1-3-12-4-6-13(7-5-12)15(18)9-20-16(19)8-14-10-21-11(2)17-14/h4-7,10H,3,8-9H2,1-2H3. The van der Waals surface area contributed by atoms with Crippen molar-refractivity contribution < 1.29 is 14.3 Å². The number of rotatable bonds is 6. The second-order valence-electron chi connectivity index (χ2n) is 4.67. The number of benzene rings is 1. The van der Waals surface area contributed by atoms with E-state index in [1.165, 1.54) is 16.9 Å². The predicted molar refractivity (Wildman–Crippen MR) is 81.7 cm³/mol. The molecule has 0 spiro atoms. The van der Waals surface area contributed by atoms with E-state index in [0.29, 0.717) is 11.3 Å². The van der Waals surface area contributed by atoms with Crippen LogP contribution in [0.25, 0.3) is 0 Å². The first-order valence-corrected chi connectivity index (χ1v) is 7.65. The van der Waals surface area contributed by atoms with Crippen molar-refractivity contribution in [1.82, 2.24) is 4.98 Å². The topological polar surface area (TPSA) is 56.3 Å². The number of esters is 1. The molecule has 0 atom stereocenters. The zero-order valence-corrected chi connectivity index (χ0v) is 12.9. The summed E-state index contributed by atoms with van der Waals surface area (Å²) in [5, 5.41) is 2.73. The molecule has 0 aliphatic carbocycles. The Morgan fingerprint density at radius 2 is 1.95 bits per heavy atom. The normalized spacial score (nSPS) is 10.4. The number of carbonyl (C=O) groups is 2. The molecule has 21 heavy (non-hydrogen) atoms. The molecule has 0 saturated heterocycles. The number of aromatic nitrogens is 1. The summed E-state index contributed by atoms with van der Waals surface area (Å²) in [6.45, 7) is 3.70. The number of Topliss-reactive ketones (excluding diaryl/α,β-unsaturated/α-hetero) is 1. The van der Waals surface area contributed by atoms with E-state index >= 15 is 0 Å². The highest BCUT2D eigenvalue weighted by molar-refractivity contribution is 7.09. The molecule has 0 aliphatic rings. The molecule has 0 fully saturated rings. The number of aryl methyl sites for hydroxylation is 2. The Morgan fingerprint density at radius 3 is 2.52 bits per heavy atom. The Balaban J connectivity index is 1.83. The first kappa shape index (κ1) is 15.4. The summed E-state index contributed by atoms with van der Waals surface area (Å²) in [5.41, 5.74) is 2.41. The number of thiazole rings is 1. The van der Waals surface area contributed by atoms with Crippen LogP contribution >= 0.6 is 11.3 Å². The van der Waals surface area contributed by atoms with Gasteiger partial charge in [-0.25, -0.2) is 4.98 Å². The largest absolute Gasteiger partial charge is 0.457 e. The Morgan fingerprint density at radius 1 is 1.24 bits per heavy atom. The molecule has 2 rings (SSSR count). The van der Waals surface area contributed by atoms with Crippen LogP contribution in [0.1, 0.15) is 33.5 Å². The first-order valence-electron chi connectivity index (χ1n) is 6.77. The summed E-state index contributed by atoms with van der Waals surface area (Å²) < 4.78 is 5.00. The maximum atomic E-state index is 11.9. The van der Waals surface area contributed by atoms with Gasteiger partial charge >= 0.3 is 5.97 Å². The van der Waals surface area contributed by atoms with Crippen molar-refractivity contribution >= 4 is 23.1 Å². The number of nitrogens with zero attached hydrogens (tertiary/aromatic N) is 1. The lowest BCUT2D eigenvalue weighted by Gasteiger charge is -2.04. The van der Waals surface area contributed by atoms with E-state index < -0.39 is 5.97 Å². The van der Waals surface area contributed by atoms with E-state index in [9.17, 15) is 9.59 Å². The quantitative estimate of drug-likeness (QED) is 0.608. The number of hydrogen-bond donors (Lipinski definition) is 0. The second kappa shape index (κ2) is 7.13. The van der Waals surface area contributed by atoms with Crippen molar-refractivity contribution in [2.75, 3.05) is 6.61 Å². The van der Waals surface area contributed by atoms with E-state index in [4.69, 9.17) is 4.74 Å². The number of ether oxygens (including phenoxy) is 1. The Kier molecular flexibility index (Phi) is 5.22. The van der Waals surface area contributed by atoms with Gasteiger partial charge in [-0.1, -0.05) is 31.2 Å². The van der Waals surface area contributed by atoms with Crippen LogP contribution in [0.2, 0.25) is 0 Å². The molecule has 0 unspecified atom stereocenters. The van der Waals surface area contributed by atoms with Crippen LogP contribution in [0.3, 0.4) is 0 Å². The fraction of sp³-hybridized carbons (Fsp3) is 0.312. The molecular formula is C16H17NO3S. The summed E-state index contributed by atoms with van der Waals surface area (Å²) in [6.07, 6.45) is 1.03. The van der Waals surface area contributed by atoms with E-state index in [1.54, 1.807) is 12.1 Å². The van der Waals surface area contributed by atoms with Gasteiger partial charge in [-0.05, 0) is 18.9 Å². The average molecular weight is 303 g/mol. The van der Waals surface area contributed by atoms with Crippen molar-refractivity contribution in [2.45, 2.75) is 26.7 Å². The molecule has 1 aromatic heterocycles. The molecule has 2 aromatic rings. The van der Waals surface area contributed by atoms with Crippen LogP contribution in [-0.2, 0) is 22.4 Å². The minimum atomic E-state index is -0.432. The van der Waals surface area contributed by atoms with Gasteiger partial charge in [0.15, 0.2) is 12.4 Å². The number of ketones is 1. The van der Waals surface area contributed by atoms with Crippen LogP contribution in [-0.4, -0.2) is 23.3 Å². The van der Waals surface area contributed by atoms with Gasteiger partial charge in [0.1, 0.15) is 0 Å². The molecule has 1 heterocycles. The second-order valence-corrected chi connectivity index (χ2v) is 5.73. The third kappa shape index (κ3) is 4.49. The molecule has 0 bridgehead atoms. The Labute approximate surface area is 127 Å². The van der Waals surface area contributed by atoms with Crippen molar-refractivity contribution in [3.63, 3.8) is 0 Å². The zero-order valence-electron chi connectivity index (χ0n) is 12.1. The first-order chi connectivity index (χ1) is 10.1. The third-order valence-corrected chi connectivity index (χ3v) is 3.86. The van der Waals surface area contributed by atoms with E-state index in [2.05, 4.69) is 11.9 Å². The van der Waals surface area contributed by atoms with Gasteiger partial charge in [-0.2, -0.15) is 0 Å². The van der Waals surface area contributed by atoms with Crippen LogP contribution in [0, 0.1) is 6.92 Å². The van der Waals surface area contributed by atoms with Gasteiger partial charge in [0.2, 0.25) is 0 Å². The molecule has 0 aliphatic heterocycles. The SMILES string of the molecule is CCc1ccc(C(=O)COC(=O)Cc2csc(C)n2)cc1. The molecule has 0 radical (unpaired) electrons. The van der Waals surface area contributed by atoms with Crippen molar-refractivity contribution in [1.29, 1.82) is 0 Å². The van der Waals surface area contributed by atoms with Gasteiger partial charge in [-0.15, -0.1) is 11.3 Å². The molecule has 1 aromatic carbocycles. The maximum Gasteiger partial charge on any atom is 0.312 e. The predicted octanol–water partition coefficient (Wildman–Crippen LogP) is 2.98. The molecule has 5 heteroatoms. The summed E-state index contributed by atoms with van der Waals surface area (Å²) in [6, 6.07) is 7.35. The van der Waals surface area contributed by atoms with Crippen LogP contribution < -0.4 is 0 Å². The molecule has 0 amide bonds. The highest BCUT2D eigenvalue weighted by Crippen LogP contribution is 2.09.